The van der Waals surface area contributed by atoms with E-state index in [1.54, 1.807) is 24.3 Å². The van der Waals surface area contributed by atoms with Gasteiger partial charge in [0.2, 0.25) is 5.91 Å². The van der Waals surface area contributed by atoms with E-state index in [0.717, 1.165) is 17.7 Å². The maximum absolute atomic E-state index is 12.7. The summed E-state index contributed by atoms with van der Waals surface area (Å²) in [5, 5.41) is 5.12. The molecule has 0 heterocycles. The first-order chi connectivity index (χ1) is 12.8. The van der Waals surface area contributed by atoms with Gasteiger partial charge in [0.1, 0.15) is 0 Å². The van der Waals surface area contributed by atoms with E-state index in [4.69, 9.17) is 0 Å². The zero-order valence-electron chi connectivity index (χ0n) is 14.3. The molecule has 0 radical (unpaired) electrons. The van der Waals surface area contributed by atoms with E-state index in [-0.39, 0.29) is 12.1 Å². The van der Waals surface area contributed by atoms with E-state index in [2.05, 4.69) is 15.4 Å². The molecule has 0 saturated carbocycles. The summed E-state index contributed by atoms with van der Waals surface area (Å²) in [7, 11) is 1.26. The van der Waals surface area contributed by atoms with Crippen LogP contribution in [0.1, 0.15) is 16.7 Å². The van der Waals surface area contributed by atoms with Crippen LogP contribution < -0.4 is 10.6 Å². The molecule has 5 nitrogen and oxygen atoms in total. The fourth-order valence-electron chi connectivity index (χ4n) is 2.11. The Labute approximate surface area is 153 Å². The number of amides is 2. The van der Waals surface area contributed by atoms with Gasteiger partial charge in [-0.25, -0.2) is 4.79 Å². The van der Waals surface area contributed by atoms with Crippen molar-refractivity contribution in [2.24, 2.45) is 0 Å². The summed E-state index contributed by atoms with van der Waals surface area (Å²) in [6.07, 6.45) is -2.53. The molecule has 8 heteroatoms. The summed E-state index contributed by atoms with van der Waals surface area (Å²) in [6, 6.07) is 11.4. The Morgan fingerprint density at radius 3 is 2.44 bits per heavy atom. The van der Waals surface area contributed by atoms with Gasteiger partial charge in [-0.1, -0.05) is 24.3 Å². The molecule has 0 unspecified atom stereocenters. The van der Waals surface area contributed by atoms with Crippen molar-refractivity contribution in [1.82, 2.24) is 5.32 Å². The molecule has 2 N–H and O–H groups in total. The van der Waals surface area contributed by atoms with Gasteiger partial charge in [-0.05, 0) is 41.5 Å². The summed E-state index contributed by atoms with van der Waals surface area (Å²) < 4.78 is 42.5. The largest absolute Gasteiger partial charge is 0.453 e. The fraction of sp³-hybridized carbons (Fsp3) is 0.158. The van der Waals surface area contributed by atoms with Crippen LogP contribution in [0.3, 0.4) is 0 Å². The lowest BCUT2D eigenvalue weighted by molar-refractivity contribution is -0.137. The third-order valence-electron chi connectivity index (χ3n) is 3.49. The van der Waals surface area contributed by atoms with Gasteiger partial charge in [0.25, 0.3) is 0 Å². The molecule has 0 aliphatic rings. The first-order valence-electron chi connectivity index (χ1n) is 7.85. The van der Waals surface area contributed by atoms with E-state index in [9.17, 15) is 22.8 Å². The normalized spacial score (nSPS) is 11.3. The molecule has 0 bridgehead atoms. The number of hydrogen-bond acceptors (Lipinski definition) is 3. The Balaban J connectivity index is 1.89. The lowest BCUT2D eigenvalue weighted by Gasteiger charge is -2.07. The molecular weight excluding hydrogens is 361 g/mol. The van der Waals surface area contributed by atoms with Crippen LogP contribution in [0.25, 0.3) is 6.08 Å². The van der Waals surface area contributed by atoms with Crippen molar-refractivity contribution in [2.45, 2.75) is 12.7 Å². The number of hydrogen-bond donors (Lipinski definition) is 2. The Morgan fingerprint density at radius 1 is 1.11 bits per heavy atom. The average Bonchev–Trinajstić information content (AvgIpc) is 2.65. The quantitative estimate of drug-likeness (QED) is 0.766. The number of nitrogens with one attached hydrogen (secondary N) is 2. The van der Waals surface area contributed by atoms with E-state index < -0.39 is 23.7 Å². The standard InChI is InChI=1S/C19H17F3N2O3/c1-27-18(26)24-16-8-5-14(6-9-16)12-23-17(25)10-7-13-3-2-4-15(11-13)19(20,21)22/h2-11H,12H2,1H3,(H,23,25)(H,24,26). The SMILES string of the molecule is COC(=O)Nc1ccc(CNC(=O)C=Cc2cccc(C(F)(F)F)c2)cc1. The minimum atomic E-state index is -4.43. The Hall–Kier alpha value is -3.29. The molecular formula is C19H17F3N2O3. The summed E-state index contributed by atoms with van der Waals surface area (Å²) in [6.45, 7) is 0.226. The van der Waals surface area contributed by atoms with Crippen molar-refractivity contribution in [1.29, 1.82) is 0 Å². The highest BCUT2D eigenvalue weighted by atomic mass is 19.4. The van der Waals surface area contributed by atoms with Gasteiger partial charge in [0.15, 0.2) is 0 Å². The number of ether oxygens (including phenoxy) is 1. The van der Waals surface area contributed by atoms with Gasteiger partial charge in [0.05, 0.1) is 12.7 Å². The molecule has 0 aliphatic heterocycles. The van der Waals surface area contributed by atoms with Crippen LogP contribution in [-0.4, -0.2) is 19.1 Å². The minimum Gasteiger partial charge on any atom is -0.453 e. The van der Waals surface area contributed by atoms with Crippen LogP contribution in [-0.2, 0) is 22.3 Å². The number of anilines is 1. The molecule has 0 saturated heterocycles. The number of carbonyl (C=O) groups excluding carboxylic acids is 2. The number of methoxy groups -OCH3 is 1. The molecule has 2 amide bonds. The molecule has 0 fully saturated rings. The lowest BCUT2D eigenvalue weighted by atomic mass is 10.1. The average molecular weight is 378 g/mol. The van der Waals surface area contributed by atoms with Crippen LogP contribution in [0.2, 0.25) is 0 Å². The van der Waals surface area contributed by atoms with Gasteiger partial charge in [-0.15, -0.1) is 0 Å². The van der Waals surface area contributed by atoms with E-state index >= 15 is 0 Å². The molecule has 2 aromatic carbocycles. The van der Waals surface area contributed by atoms with E-state index in [0.29, 0.717) is 5.69 Å². The van der Waals surface area contributed by atoms with Crippen molar-refractivity contribution in [3.05, 3.63) is 71.3 Å². The molecule has 0 atom stereocenters. The number of carbonyl (C=O) groups is 2. The van der Waals surface area contributed by atoms with Crippen LogP contribution in [0.4, 0.5) is 23.7 Å². The maximum Gasteiger partial charge on any atom is 0.416 e. The monoisotopic (exact) mass is 378 g/mol. The van der Waals surface area contributed by atoms with E-state index in [1.807, 2.05) is 0 Å². The number of rotatable bonds is 5. The van der Waals surface area contributed by atoms with Crippen LogP contribution in [0.5, 0.6) is 0 Å². The summed E-state index contributed by atoms with van der Waals surface area (Å²) in [5.41, 5.74) is 0.830. The minimum absolute atomic E-state index is 0.226. The second-order valence-corrected chi connectivity index (χ2v) is 5.49. The predicted octanol–water partition coefficient (Wildman–Crippen LogP) is 4.21. The third kappa shape index (κ3) is 6.50. The van der Waals surface area contributed by atoms with Gasteiger partial charge in [-0.3, -0.25) is 10.1 Å². The van der Waals surface area contributed by atoms with Crippen molar-refractivity contribution in [2.75, 3.05) is 12.4 Å². The summed E-state index contributed by atoms with van der Waals surface area (Å²) in [4.78, 5) is 22.9. The summed E-state index contributed by atoms with van der Waals surface area (Å²) >= 11 is 0. The third-order valence-corrected chi connectivity index (χ3v) is 3.49. The van der Waals surface area contributed by atoms with Gasteiger partial charge in [-0.2, -0.15) is 13.2 Å². The molecule has 27 heavy (non-hydrogen) atoms. The number of alkyl halides is 3. The number of halogens is 3. The smallest absolute Gasteiger partial charge is 0.416 e. The van der Waals surface area contributed by atoms with E-state index in [1.165, 1.54) is 31.4 Å². The zero-order valence-corrected chi connectivity index (χ0v) is 14.3. The highest BCUT2D eigenvalue weighted by Crippen LogP contribution is 2.29. The van der Waals surface area contributed by atoms with Gasteiger partial charge in [0, 0.05) is 18.3 Å². The lowest BCUT2D eigenvalue weighted by Crippen LogP contribution is -2.20. The van der Waals surface area contributed by atoms with Gasteiger partial charge >= 0.3 is 12.3 Å². The molecule has 0 aromatic heterocycles. The van der Waals surface area contributed by atoms with Crippen LogP contribution in [0.15, 0.2) is 54.6 Å². The van der Waals surface area contributed by atoms with Crippen molar-refractivity contribution < 1.29 is 27.5 Å². The fourth-order valence-corrected chi connectivity index (χ4v) is 2.11. The molecule has 142 valence electrons. The van der Waals surface area contributed by atoms with Crippen molar-refractivity contribution in [3.63, 3.8) is 0 Å². The Kier molecular flexibility index (Phi) is 6.59. The van der Waals surface area contributed by atoms with Crippen molar-refractivity contribution in [3.8, 4) is 0 Å². The number of benzene rings is 2. The molecule has 2 aromatic rings. The topological polar surface area (TPSA) is 67.4 Å². The highest BCUT2D eigenvalue weighted by Gasteiger charge is 2.30. The molecule has 0 aliphatic carbocycles. The second kappa shape index (κ2) is 8.88. The first-order valence-corrected chi connectivity index (χ1v) is 7.85. The summed E-state index contributed by atoms with van der Waals surface area (Å²) in [5.74, 6) is -0.441. The predicted molar refractivity (Wildman–Crippen MR) is 94.8 cm³/mol. The zero-order chi connectivity index (χ0) is 19.9. The molecule has 0 spiro atoms. The molecule has 2 rings (SSSR count). The highest BCUT2D eigenvalue weighted by molar-refractivity contribution is 5.91. The van der Waals surface area contributed by atoms with Crippen LogP contribution >= 0.6 is 0 Å². The van der Waals surface area contributed by atoms with Gasteiger partial charge < -0.3 is 10.1 Å². The van der Waals surface area contributed by atoms with Crippen molar-refractivity contribution >= 4 is 23.8 Å². The Morgan fingerprint density at radius 2 is 1.81 bits per heavy atom. The second-order valence-electron chi connectivity index (χ2n) is 5.49. The van der Waals surface area contributed by atoms with Crippen LogP contribution in [0, 0.1) is 0 Å². The Bertz CT molecular complexity index is 831. The first kappa shape index (κ1) is 20.0. The maximum atomic E-state index is 12.7.